The zero-order valence-electron chi connectivity index (χ0n) is 38.6. The Labute approximate surface area is 361 Å². The van der Waals surface area contributed by atoms with Crippen LogP contribution in [0.3, 0.4) is 0 Å². The number of aliphatic hydroxyl groups excluding tert-OH is 1. The van der Waals surface area contributed by atoms with Gasteiger partial charge in [-0.1, -0.05) is 113 Å². The standard InChI is InChI=1S/C45H83N7O8/c1-10-11-12-13-14-15-16-17-18-19-20-23-38(55)51-45(8,9)44(60)52-26-21-22-36(52)42(58)49-35(28-31(4)5)41(57)50-39(32(6)7)43(59)48-34(24-25-37(46)54)40(56)47-33(29-53)27-30(2)3/h30-36,39,53H,10-29H2,1-9H3,(H2,46,54)(H,47,56)(H,48,59)(H,49,58)(H,50,57)(H,51,55). The summed E-state index contributed by atoms with van der Waals surface area (Å²) in [6.45, 7) is 16.7. The van der Waals surface area contributed by atoms with Crippen molar-refractivity contribution in [3.63, 3.8) is 0 Å². The van der Waals surface area contributed by atoms with Gasteiger partial charge in [0, 0.05) is 19.4 Å². The van der Waals surface area contributed by atoms with Crippen LogP contribution in [-0.4, -0.2) is 100 Å². The Morgan fingerprint density at radius 2 is 1.25 bits per heavy atom. The van der Waals surface area contributed by atoms with Gasteiger partial charge in [-0.25, -0.2) is 0 Å². The first-order valence-corrected chi connectivity index (χ1v) is 23.0. The SMILES string of the molecule is CCCCCCCCCCCCCC(=O)NC(C)(C)C(=O)N1CCCC1C(=O)NC(CC(C)C)C(=O)NC(C(=O)NC(CCC(N)=O)C(=O)NC(CO)CC(C)C)C(C)C. The summed E-state index contributed by atoms with van der Waals surface area (Å²) >= 11 is 0. The van der Waals surface area contributed by atoms with Crippen molar-refractivity contribution in [3.05, 3.63) is 0 Å². The second kappa shape index (κ2) is 28.7. The number of aliphatic hydroxyl groups is 1. The van der Waals surface area contributed by atoms with Crippen molar-refractivity contribution >= 4 is 41.4 Å². The molecule has 5 unspecified atom stereocenters. The lowest BCUT2D eigenvalue weighted by atomic mass is 9.98. The summed E-state index contributed by atoms with van der Waals surface area (Å²) in [6, 6.07) is -4.74. The number of rotatable bonds is 31. The molecule has 60 heavy (non-hydrogen) atoms. The van der Waals surface area contributed by atoms with E-state index in [-0.39, 0.29) is 49.5 Å². The molecule has 5 atom stereocenters. The molecule has 15 heteroatoms. The number of nitrogens with one attached hydrogen (secondary N) is 5. The Bertz CT molecular complexity index is 1350. The van der Waals surface area contributed by atoms with Gasteiger partial charge in [0.1, 0.15) is 29.7 Å². The van der Waals surface area contributed by atoms with Gasteiger partial charge < -0.3 is 42.3 Å². The Morgan fingerprint density at radius 3 is 1.77 bits per heavy atom. The number of hydrogen-bond acceptors (Lipinski definition) is 8. The first-order chi connectivity index (χ1) is 28.2. The molecule has 0 bridgehead atoms. The number of nitrogens with zero attached hydrogens (tertiary/aromatic N) is 1. The number of carbonyl (C=O) groups is 7. The lowest BCUT2D eigenvalue weighted by molar-refractivity contribution is -0.145. The molecule has 7 amide bonds. The van der Waals surface area contributed by atoms with E-state index in [0.717, 1.165) is 25.7 Å². The van der Waals surface area contributed by atoms with Crippen LogP contribution in [0.4, 0.5) is 0 Å². The van der Waals surface area contributed by atoms with Gasteiger partial charge in [-0.2, -0.15) is 0 Å². The molecule has 0 aromatic rings. The van der Waals surface area contributed by atoms with E-state index in [2.05, 4.69) is 33.5 Å². The second-order valence-electron chi connectivity index (χ2n) is 18.6. The number of amides is 7. The summed E-state index contributed by atoms with van der Waals surface area (Å²) in [6.07, 6.45) is 14.7. The number of unbranched alkanes of at least 4 members (excludes halogenated alkanes) is 10. The molecular weight excluding hydrogens is 767 g/mol. The first-order valence-electron chi connectivity index (χ1n) is 23.0. The average Bonchev–Trinajstić information content (AvgIpc) is 3.66. The van der Waals surface area contributed by atoms with Crippen LogP contribution in [0.15, 0.2) is 0 Å². The van der Waals surface area contributed by atoms with Gasteiger partial charge in [-0.05, 0) is 70.1 Å². The smallest absolute Gasteiger partial charge is 0.248 e. The molecule has 1 fully saturated rings. The van der Waals surface area contributed by atoms with E-state index in [1.807, 2.05) is 27.7 Å². The van der Waals surface area contributed by atoms with Gasteiger partial charge in [0.05, 0.1) is 12.6 Å². The highest BCUT2D eigenvalue weighted by Crippen LogP contribution is 2.23. The van der Waals surface area contributed by atoms with Crippen LogP contribution in [-0.2, 0) is 33.6 Å². The zero-order valence-corrected chi connectivity index (χ0v) is 38.6. The van der Waals surface area contributed by atoms with E-state index < -0.39 is 71.2 Å². The highest BCUT2D eigenvalue weighted by atomic mass is 16.3. The summed E-state index contributed by atoms with van der Waals surface area (Å²) in [7, 11) is 0. The van der Waals surface area contributed by atoms with Gasteiger partial charge >= 0.3 is 0 Å². The maximum atomic E-state index is 13.9. The fraction of sp³-hybridized carbons (Fsp3) is 0.844. The van der Waals surface area contributed by atoms with Crippen molar-refractivity contribution in [2.75, 3.05) is 13.2 Å². The third-order valence-corrected chi connectivity index (χ3v) is 11.0. The van der Waals surface area contributed by atoms with Crippen LogP contribution in [0.2, 0.25) is 0 Å². The molecule has 346 valence electrons. The molecule has 1 aliphatic heterocycles. The molecule has 0 aromatic carbocycles. The van der Waals surface area contributed by atoms with Crippen LogP contribution < -0.4 is 32.3 Å². The predicted octanol–water partition coefficient (Wildman–Crippen LogP) is 4.52. The van der Waals surface area contributed by atoms with Crippen LogP contribution >= 0.6 is 0 Å². The van der Waals surface area contributed by atoms with Crippen LogP contribution in [0.1, 0.15) is 178 Å². The molecule has 15 nitrogen and oxygen atoms in total. The second-order valence-corrected chi connectivity index (χ2v) is 18.6. The maximum Gasteiger partial charge on any atom is 0.248 e. The lowest BCUT2D eigenvalue weighted by Gasteiger charge is -2.34. The number of carbonyl (C=O) groups excluding carboxylic acids is 7. The van der Waals surface area contributed by atoms with E-state index in [0.29, 0.717) is 32.2 Å². The van der Waals surface area contributed by atoms with Crippen molar-refractivity contribution in [2.45, 2.75) is 214 Å². The Kier molecular flexibility index (Phi) is 26.0. The molecule has 0 aromatic heterocycles. The third kappa shape index (κ3) is 21.2. The molecule has 1 rings (SSSR count). The number of nitrogens with two attached hydrogens (primary N) is 1. The van der Waals surface area contributed by atoms with E-state index >= 15 is 0 Å². The minimum atomic E-state index is -1.25. The van der Waals surface area contributed by atoms with Crippen molar-refractivity contribution in [3.8, 4) is 0 Å². The van der Waals surface area contributed by atoms with E-state index in [9.17, 15) is 38.7 Å². The number of hydrogen-bond donors (Lipinski definition) is 7. The van der Waals surface area contributed by atoms with Gasteiger partial charge in [0.2, 0.25) is 41.4 Å². The molecular formula is C45H83N7O8. The van der Waals surface area contributed by atoms with Crippen LogP contribution in [0.5, 0.6) is 0 Å². The van der Waals surface area contributed by atoms with Crippen molar-refractivity contribution in [1.82, 2.24) is 31.5 Å². The first kappa shape index (κ1) is 54.3. The Hall–Kier alpha value is -3.75. The molecule has 0 spiro atoms. The highest BCUT2D eigenvalue weighted by Gasteiger charge is 2.42. The summed E-state index contributed by atoms with van der Waals surface area (Å²) in [5, 5.41) is 23.7. The van der Waals surface area contributed by atoms with E-state index in [1.54, 1.807) is 27.7 Å². The summed E-state index contributed by atoms with van der Waals surface area (Å²) in [5.74, 6) is -3.90. The summed E-state index contributed by atoms with van der Waals surface area (Å²) in [4.78, 5) is 94.6. The molecule has 1 saturated heterocycles. The van der Waals surface area contributed by atoms with Crippen molar-refractivity contribution in [1.29, 1.82) is 0 Å². The average molecular weight is 850 g/mol. The lowest BCUT2D eigenvalue weighted by Crippen LogP contribution is -2.61. The summed E-state index contributed by atoms with van der Waals surface area (Å²) < 4.78 is 0. The molecule has 8 N–H and O–H groups in total. The van der Waals surface area contributed by atoms with Gasteiger partial charge in [0.15, 0.2) is 0 Å². The van der Waals surface area contributed by atoms with E-state index in [1.165, 1.54) is 49.8 Å². The molecule has 1 aliphatic rings. The molecule has 1 heterocycles. The Balaban J connectivity index is 2.93. The molecule has 0 saturated carbocycles. The highest BCUT2D eigenvalue weighted by molar-refractivity contribution is 5.97. The fourth-order valence-electron chi connectivity index (χ4n) is 7.68. The van der Waals surface area contributed by atoms with Crippen molar-refractivity contribution in [2.24, 2.45) is 23.5 Å². The normalized spacial score (nSPS) is 16.3. The number of primary amides is 1. The van der Waals surface area contributed by atoms with E-state index in [4.69, 9.17) is 5.73 Å². The fourth-order valence-corrected chi connectivity index (χ4v) is 7.68. The quantitative estimate of drug-likeness (QED) is 0.0490. The van der Waals surface area contributed by atoms with Gasteiger partial charge in [0.25, 0.3) is 0 Å². The monoisotopic (exact) mass is 850 g/mol. The molecule has 0 radical (unpaired) electrons. The van der Waals surface area contributed by atoms with Crippen molar-refractivity contribution < 1.29 is 38.7 Å². The third-order valence-electron chi connectivity index (χ3n) is 11.0. The zero-order chi connectivity index (χ0) is 45.4. The number of likely N-dealkylation sites (tertiary alicyclic amines) is 1. The summed E-state index contributed by atoms with van der Waals surface area (Å²) in [5.41, 5.74) is 4.11. The predicted molar refractivity (Wildman–Crippen MR) is 235 cm³/mol. The molecule has 0 aliphatic carbocycles. The van der Waals surface area contributed by atoms with Crippen LogP contribution in [0, 0.1) is 17.8 Å². The topological polar surface area (TPSA) is 229 Å². The Morgan fingerprint density at radius 1 is 0.700 bits per heavy atom. The minimum absolute atomic E-state index is 0.0321. The maximum absolute atomic E-state index is 13.9. The largest absolute Gasteiger partial charge is 0.394 e. The van der Waals surface area contributed by atoms with Gasteiger partial charge in [-0.15, -0.1) is 0 Å². The van der Waals surface area contributed by atoms with Crippen LogP contribution in [0.25, 0.3) is 0 Å². The minimum Gasteiger partial charge on any atom is -0.394 e. The van der Waals surface area contributed by atoms with Gasteiger partial charge in [-0.3, -0.25) is 33.6 Å².